The second-order valence-corrected chi connectivity index (χ2v) is 9.47. The van der Waals surface area contributed by atoms with Crippen molar-refractivity contribution in [2.45, 2.75) is 19.6 Å². The molecule has 1 N–H and O–H groups in total. The van der Waals surface area contributed by atoms with Gasteiger partial charge in [-0.25, -0.2) is 9.18 Å². The molecule has 1 aliphatic heterocycles. The molecule has 212 valence electrons. The molecule has 10 heteroatoms. The zero-order valence-electron chi connectivity index (χ0n) is 22.6. The van der Waals surface area contributed by atoms with Gasteiger partial charge in [0, 0.05) is 6.54 Å². The monoisotopic (exact) mass is 567 g/mol. The number of nitrogens with one attached hydrogen (secondary N) is 1. The minimum Gasteiger partial charge on any atom is -0.496 e. The van der Waals surface area contributed by atoms with Crippen molar-refractivity contribution in [3.8, 4) is 17.2 Å². The molecular formula is C32H26FN3O6. The van der Waals surface area contributed by atoms with Crippen LogP contribution >= 0.6 is 0 Å². The highest BCUT2D eigenvalue weighted by Crippen LogP contribution is 2.25. The molecule has 0 unspecified atom stereocenters. The summed E-state index contributed by atoms with van der Waals surface area (Å²) in [6.45, 7) is -0.0000654. The molecule has 42 heavy (non-hydrogen) atoms. The summed E-state index contributed by atoms with van der Waals surface area (Å²) in [5, 5.41) is 2.83. The SMILES string of the molecule is COc1ccc(CN2C(=O)C(=O)N(Cc3ccccc3)C2=O)cc1C(=O)NCc1ccc(Oc2ccc(F)cc2)cc1. The first-order valence-electron chi connectivity index (χ1n) is 13.0. The maximum atomic E-state index is 13.1. The molecular weight excluding hydrogens is 541 g/mol. The van der Waals surface area contributed by atoms with Crippen LogP contribution in [0, 0.1) is 5.82 Å². The topological polar surface area (TPSA) is 105 Å². The van der Waals surface area contributed by atoms with Gasteiger partial charge in [-0.3, -0.25) is 24.2 Å². The Kier molecular flexibility index (Phi) is 8.24. The summed E-state index contributed by atoms with van der Waals surface area (Å²) in [5.41, 5.74) is 2.19. The van der Waals surface area contributed by atoms with Crippen LogP contribution in [0.5, 0.6) is 17.2 Å². The van der Waals surface area contributed by atoms with E-state index >= 15 is 0 Å². The number of carbonyl (C=O) groups is 4. The third-order valence-corrected chi connectivity index (χ3v) is 6.59. The predicted molar refractivity (Wildman–Crippen MR) is 150 cm³/mol. The molecule has 0 aromatic heterocycles. The highest BCUT2D eigenvalue weighted by atomic mass is 19.1. The van der Waals surface area contributed by atoms with Crippen molar-refractivity contribution in [3.05, 3.63) is 125 Å². The van der Waals surface area contributed by atoms with E-state index in [0.717, 1.165) is 15.4 Å². The Bertz CT molecular complexity index is 1620. The van der Waals surface area contributed by atoms with Crippen molar-refractivity contribution in [2.75, 3.05) is 7.11 Å². The van der Waals surface area contributed by atoms with Gasteiger partial charge in [0.2, 0.25) is 0 Å². The zero-order valence-corrected chi connectivity index (χ0v) is 22.6. The molecule has 1 heterocycles. The first-order chi connectivity index (χ1) is 20.3. The van der Waals surface area contributed by atoms with Gasteiger partial charge < -0.3 is 14.8 Å². The Morgan fingerprint density at radius 1 is 0.738 bits per heavy atom. The normalized spacial score (nSPS) is 13.0. The van der Waals surface area contributed by atoms with Crippen LogP contribution in [-0.2, 0) is 29.2 Å². The van der Waals surface area contributed by atoms with Gasteiger partial charge in [-0.05, 0) is 65.2 Å². The van der Waals surface area contributed by atoms with Crippen molar-refractivity contribution in [1.29, 1.82) is 0 Å². The van der Waals surface area contributed by atoms with Gasteiger partial charge in [0.15, 0.2) is 0 Å². The molecule has 5 rings (SSSR count). The zero-order chi connectivity index (χ0) is 29.6. The lowest BCUT2D eigenvalue weighted by Crippen LogP contribution is -2.32. The van der Waals surface area contributed by atoms with Crippen LogP contribution in [0.2, 0.25) is 0 Å². The molecule has 5 amide bonds. The highest BCUT2D eigenvalue weighted by molar-refractivity contribution is 6.44. The fourth-order valence-corrected chi connectivity index (χ4v) is 4.40. The number of benzene rings is 4. The fourth-order valence-electron chi connectivity index (χ4n) is 4.40. The number of ether oxygens (including phenoxy) is 2. The quantitative estimate of drug-likeness (QED) is 0.213. The predicted octanol–water partition coefficient (Wildman–Crippen LogP) is 5.05. The van der Waals surface area contributed by atoms with Crippen LogP contribution in [-0.4, -0.2) is 40.7 Å². The van der Waals surface area contributed by atoms with Gasteiger partial charge in [-0.1, -0.05) is 48.5 Å². The maximum absolute atomic E-state index is 13.1. The summed E-state index contributed by atoms with van der Waals surface area (Å²) in [6, 6.07) is 25.6. The van der Waals surface area contributed by atoms with Gasteiger partial charge in [0.25, 0.3) is 5.91 Å². The van der Waals surface area contributed by atoms with Crippen molar-refractivity contribution in [1.82, 2.24) is 15.1 Å². The average Bonchev–Trinajstić information content (AvgIpc) is 3.20. The molecule has 4 aromatic rings. The van der Waals surface area contributed by atoms with E-state index in [1.54, 1.807) is 60.7 Å². The van der Waals surface area contributed by atoms with E-state index in [1.165, 1.54) is 37.4 Å². The van der Waals surface area contributed by atoms with Crippen LogP contribution in [0.15, 0.2) is 97.1 Å². The first-order valence-corrected chi connectivity index (χ1v) is 13.0. The van der Waals surface area contributed by atoms with Gasteiger partial charge in [0.1, 0.15) is 23.1 Å². The number of halogens is 1. The summed E-state index contributed by atoms with van der Waals surface area (Å²) < 4.78 is 24.1. The molecule has 0 bridgehead atoms. The number of imide groups is 2. The number of urea groups is 1. The fraction of sp³-hybridized carbons (Fsp3) is 0.125. The summed E-state index contributed by atoms with van der Waals surface area (Å²) in [4.78, 5) is 53.0. The Morgan fingerprint density at radius 3 is 1.93 bits per heavy atom. The Labute approximate surface area is 241 Å². The van der Waals surface area contributed by atoms with Gasteiger partial charge in [-0.15, -0.1) is 0 Å². The molecule has 0 radical (unpaired) electrons. The number of hydrogen-bond acceptors (Lipinski definition) is 6. The minimum atomic E-state index is -0.926. The molecule has 4 aromatic carbocycles. The van der Waals surface area contributed by atoms with E-state index in [2.05, 4.69) is 5.32 Å². The lowest BCUT2D eigenvalue weighted by atomic mass is 10.1. The number of rotatable bonds is 10. The standard InChI is InChI=1S/C32H26FN3O6/c1-41-28-16-9-23(20-36-31(39)30(38)35(32(36)40)19-22-5-3-2-4-6-22)17-27(28)29(37)34-18-21-7-12-25(13-8-21)42-26-14-10-24(33)11-15-26/h2-17H,18-20H2,1H3,(H,34,37). The number of carbonyl (C=O) groups excluding carboxylic acids is 4. The van der Waals surface area contributed by atoms with E-state index in [9.17, 15) is 23.6 Å². The number of amides is 5. The molecule has 0 spiro atoms. The van der Waals surface area contributed by atoms with E-state index < -0.39 is 23.8 Å². The highest BCUT2D eigenvalue weighted by Gasteiger charge is 2.44. The summed E-state index contributed by atoms with van der Waals surface area (Å²) in [6.07, 6.45) is 0. The van der Waals surface area contributed by atoms with Gasteiger partial charge in [-0.2, -0.15) is 0 Å². The second-order valence-electron chi connectivity index (χ2n) is 9.47. The van der Waals surface area contributed by atoms with E-state index in [4.69, 9.17) is 9.47 Å². The third kappa shape index (κ3) is 6.28. The van der Waals surface area contributed by atoms with Crippen LogP contribution < -0.4 is 14.8 Å². The molecule has 0 atom stereocenters. The second kappa shape index (κ2) is 12.3. The van der Waals surface area contributed by atoms with Crippen LogP contribution in [0.3, 0.4) is 0 Å². The summed E-state index contributed by atoms with van der Waals surface area (Å²) >= 11 is 0. The summed E-state index contributed by atoms with van der Waals surface area (Å²) in [5.74, 6) is -1.25. The molecule has 1 saturated heterocycles. The molecule has 1 aliphatic rings. The average molecular weight is 568 g/mol. The van der Waals surface area contributed by atoms with Crippen LogP contribution in [0.25, 0.3) is 0 Å². The van der Waals surface area contributed by atoms with Gasteiger partial charge >= 0.3 is 17.8 Å². The number of methoxy groups -OCH3 is 1. The summed E-state index contributed by atoms with van der Waals surface area (Å²) in [7, 11) is 1.43. The molecule has 9 nitrogen and oxygen atoms in total. The van der Waals surface area contributed by atoms with Gasteiger partial charge in [0.05, 0.1) is 25.8 Å². The van der Waals surface area contributed by atoms with E-state index in [1.807, 2.05) is 6.07 Å². The molecule has 1 fully saturated rings. The van der Waals surface area contributed by atoms with Crippen molar-refractivity contribution >= 4 is 23.8 Å². The smallest absolute Gasteiger partial charge is 0.334 e. The minimum absolute atomic E-state index is 0.0175. The van der Waals surface area contributed by atoms with E-state index in [-0.39, 0.29) is 31.0 Å². The number of nitrogens with zero attached hydrogens (tertiary/aromatic N) is 2. The Morgan fingerprint density at radius 2 is 1.31 bits per heavy atom. The third-order valence-electron chi connectivity index (χ3n) is 6.59. The van der Waals surface area contributed by atoms with E-state index in [0.29, 0.717) is 28.4 Å². The van der Waals surface area contributed by atoms with Crippen molar-refractivity contribution < 1.29 is 33.0 Å². The Hall–Kier alpha value is -5.51. The van der Waals surface area contributed by atoms with Crippen LogP contribution in [0.4, 0.5) is 9.18 Å². The largest absolute Gasteiger partial charge is 0.496 e. The lowest BCUT2D eigenvalue weighted by molar-refractivity contribution is -0.143. The first kappa shape index (κ1) is 28.0. The molecule has 0 aliphatic carbocycles. The van der Waals surface area contributed by atoms with Crippen molar-refractivity contribution in [2.24, 2.45) is 0 Å². The lowest BCUT2D eigenvalue weighted by Gasteiger charge is -2.17. The number of hydrogen-bond donors (Lipinski definition) is 1. The Balaban J connectivity index is 1.23. The van der Waals surface area contributed by atoms with Crippen molar-refractivity contribution in [3.63, 3.8) is 0 Å². The maximum Gasteiger partial charge on any atom is 0.334 e. The van der Waals surface area contributed by atoms with Crippen LogP contribution in [0.1, 0.15) is 27.0 Å². The molecule has 0 saturated carbocycles.